The van der Waals surface area contributed by atoms with Crippen LogP contribution >= 0.6 is 0 Å². The standard InChI is InChI=1S/C31H37FN4O6/c1-2-6-22(34-29(39)41-18-21-7-4-3-5-8-21)19-40-26-10-9-25-27(35-26)23(24(32)17-33-25)11-12-31-15-13-30(14-16-31,20-42-31)36-28(37)38/h3-5,7-10,17,22,36H,2,6,11-16,18-20H2,1H3,(H,34,39)(H,37,38). The molecular weight excluding hydrogens is 543 g/mol. The molecule has 42 heavy (non-hydrogen) atoms. The molecule has 3 aromatic rings. The maximum absolute atomic E-state index is 15.1. The number of rotatable bonds is 12. The Hall–Kier alpha value is -3.99. The van der Waals surface area contributed by atoms with Crippen molar-refractivity contribution in [3.05, 3.63) is 65.6 Å². The van der Waals surface area contributed by atoms with Crippen molar-refractivity contribution in [2.75, 3.05) is 13.2 Å². The van der Waals surface area contributed by atoms with Gasteiger partial charge in [-0.05, 0) is 56.6 Å². The molecule has 2 bridgehead atoms. The molecule has 2 aliphatic heterocycles. The second kappa shape index (κ2) is 12.9. The van der Waals surface area contributed by atoms with Crippen LogP contribution in [0.2, 0.25) is 0 Å². The SMILES string of the molecule is CCCC(COc1ccc2ncc(F)c(CCC34CCC(NC(=O)O)(CC3)CO4)c2n1)NC(=O)OCc1ccccc1. The Kier molecular flexibility index (Phi) is 9.06. The average molecular weight is 581 g/mol. The van der Waals surface area contributed by atoms with Crippen molar-refractivity contribution in [2.24, 2.45) is 0 Å². The molecule has 224 valence electrons. The lowest BCUT2D eigenvalue weighted by atomic mass is 9.69. The predicted molar refractivity (Wildman–Crippen MR) is 153 cm³/mol. The summed E-state index contributed by atoms with van der Waals surface area (Å²) in [6.07, 6.45) is 4.95. The summed E-state index contributed by atoms with van der Waals surface area (Å²) < 4.78 is 32.6. The Morgan fingerprint density at radius 2 is 1.93 bits per heavy atom. The fourth-order valence-electron chi connectivity index (χ4n) is 5.89. The lowest BCUT2D eigenvalue weighted by molar-refractivity contribution is -0.162. The number of halogens is 1. The van der Waals surface area contributed by atoms with Gasteiger partial charge in [-0.15, -0.1) is 0 Å². The topological polar surface area (TPSA) is 132 Å². The number of hydrogen-bond donors (Lipinski definition) is 3. The Morgan fingerprint density at radius 1 is 1.14 bits per heavy atom. The number of pyridine rings is 2. The predicted octanol–water partition coefficient (Wildman–Crippen LogP) is 5.52. The monoisotopic (exact) mass is 580 g/mol. The molecule has 2 amide bonds. The van der Waals surface area contributed by atoms with Gasteiger partial charge in [0.05, 0.1) is 41.0 Å². The van der Waals surface area contributed by atoms with Crippen LogP contribution in [0.3, 0.4) is 0 Å². The van der Waals surface area contributed by atoms with Crippen LogP contribution in [-0.2, 0) is 22.5 Å². The van der Waals surface area contributed by atoms with E-state index in [4.69, 9.17) is 14.2 Å². The van der Waals surface area contributed by atoms with E-state index in [0.717, 1.165) is 12.0 Å². The number of carboxylic acid groups (broad SMARTS) is 1. The summed E-state index contributed by atoms with van der Waals surface area (Å²) in [7, 11) is 0. The van der Waals surface area contributed by atoms with Crippen LogP contribution < -0.4 is 15.4 Å². The largest absolute Gasteiger partial charge is 0.475 e. The van der Waals surface area contributed by atoms with E-state index in [9.17, 15) is 14.7 Å². The van der Waals surface area contributed by atoms with Crippen LogP contribution in [0, 0.1) is 5.82 Å². The Labute approximate surface area is 244 Å². The zero-order chi connectivity index (χ0) is 29.6. The van der Waals surface area contributed by atoms with E-state index in [0.29, 0.717) is 74.0 Å². The lowest BCUT2D eigenvalue weighted by Crippen LogP contribution is -2.62. The number of carbonyl (C=O) groups is 2. The quantitative estimate of drug-likeness (QED) is 0.255. The van der Waals surface area contributed by atoms with Crippen molar-refractivity contribution in [1.82, 2.24) is 20.6 Å². The van der Waals surface area contributed by atoms with Gasteiger partial charge in [0.1, 0.15) is 19.0 Å². The van der Waals surface area contributed by atoms with Gasteiger partial charge in [0.15, 0.2) is 0 Å². The molecule has 0 radical (unpaired) electrons. The number of benzene rings is 1. The fourth-order valence-corrected chi connectivity index (χ4v) is 5.89. The van der Waals surface area contributed by atoms with Crippen LogP contribution in [0.5, 0.6) is 5.88 Å². The summed E-state index contributed by atoms with van der Waals surface area (Å²) in [4.78, 5) is 32.4. The Bertz CT molecular complexity index is 1380. The van der Waals surface area contributed by atoms with E-state index in [2.05, 4.69) is 20.6 Å². The van der Waals surface area contributed by atoms with Gasteiger partial charge in [-0.3, -0.25) is 4.98 Å². The van der Waals surface area contributed by atoms with E-state index < -0.39 is 29.1 Å². The van der Waals surface area contributed by atoms with Crippen molar-refractivity contribution in [1.29, 1.82) is 0 Å². The third-order valence-corrected chi connectivity index (χ3v) is 8.32. The number of nitrogens with one attached hydrogen (secondary N) is 2. The fraction of sp³-hybridized carbons (Fsp3) is 0.484. The molecule has 1 atom stereocenters. The lowest BCUT2D eigenvalue weighted by Gasteiger charge is -2.53. The second-order valence-corrected chi connectivity index (χ2v) is 11.3. The number of hydrogen-bond acceptors (Lipinski definition) is 7. The van der Waals surface area contributed by atoms with Gasteiger partial charge in [-0.2, -0.15) is 0 Å². The number of ether oxygens (including phenoxy) is 3. The van der Waals surface area contributed by atoms with E-state index >= 15 is 4.39 Å². The minimum Gasteiger partial charge on any atom is -0.475 e. The van der Waals surface area contributed by atoms with Gasteiger partial charge < -0.3 is 30.0 Å². The third kappa shape index (κ3) is 7.07. The molecule has 0 spiro atoms. The zero-order valence-corrected chi connectivity index (χ0v) is 23.7. The zero-order valence-electron chi connectivity index (χ0n) is 23.7. The van der Waals surface area contributed by atoms with Crippen LogP contribution in [0.4, 0.5) is 14.0 Å². The first kappa shape index (κ1) is 29.5. The van der Waals surface area contributed by atoms with Gasteiger partial charge >= 0.3 is 12.2 Å². The van der Waals surface area contributed by atoms with Gasteiger partial charge in [-0.1, -0.05) is 43.7 Å². The summed E-state index contributed by atoms with van der Waals surface area (Å²) in [5, 5.41) is 14.7. The maximum Gasteiger partial charge on any atom is 0.407 e. The Balaban J connectivity index is 1.21. The van der Waals surface area contributed by atoms with E-state index in [1.54, 1.807) is 12.1 Å². The minimum absolute atomic E-state index is 0.173. The first-order chi connectivity index (χ1) is 20.3. The number of aromatic nitrogens is 2. The van der Waals surface area contributed by atoms with Gasteiger partial charge in [0, 0.05) is 11.6 Å². The van der Waals surface area contributed by atoms with E-state index in [-0.39, 0.29) is 19.3 Å². The molecule has 3 fully saturated rings. The molecule has 1 aromatic carbocycles. The van der Waals surface area contributed by atoms with E-state index in [1.165, 1.54) is 6.20 Å². The van der Waals surface area contributed by atoms with Crippen molar-refractivity contribution >= 4 is 23.2 Å². The molecule has 3 N–H and O–H groups in total. The number of aryl methyl sites for hydroxylation is 1. The van der Waals surface area contributed by atoms with Crippen LogP contribution in [0.1, 0.15) is 63.0 Å². The second-order valence-electron chi connectivity index (χ2n) is 11.3. The third-order valence-electron chi connectivity index (χ3n) is 8.32. The smallest absolute Gasteiger partial charge is 0.407 e. The highest BCUT2D eigenvalue weighted by Gasteiger charge is 2.50. The molecular formula is C31H37FN4O6. The summed E-state index contributed by atoms with van der Waals surface area (Å²) in [6.45, 7) is 2.69. The van der Waals surface area contributed by atoms with Crippen LogP contribution in [0.15, 0.2) is 48.7 Å². The number of carbonyl (C=O) groups excluding carboxylic acids is 1. The summed E-state index contributed by atoms with van der Waals surface area (Å²) in [6, 6.07) is 12.6. The van der Waals surface area contributed by atoms with Gasteiger partial charge in [-0.25, -0.2) is 19.0 Å². The van der Waals surface area contributed by atoms with Gasteiger partial charge in [0.25, 0.3) is 0 Å². The number of alkyl carbamates (subject to hydrolysis) is 1. The molecule has 2 saturated heterocycles. The molecule has 1 aliphatic carbocycles. The van der Waals surface area contributed by atoms with Crippen molar-refractivity contribution in [2.45, 2.75) is 82.1 Å². The van der Waals surface area contributed by atoms with Crippen LogP contribution in [-0.4, -0.2) is 57.7 Å². The molecule has 4 heterocycles. The molecule has 11 heteroatoms. The highest BCUT2D eigenvalue weighted by atomic mass is 19.1. The highest BCUT2D eigenvalue weighted by molar-refractivity contribution is 5.78. The van der Waals surface area contributed by atoms with Gasteiger partial charge in [0.2, 0.25) is 5.88 Å². The van der Waals surface area contributed by atoms with Crippen molar-refractivity contribution in [3.8, 4) is 5.88 Å². The first-order valence-electron chi connectivity index (χ1n) is 14.5. The minimum atomic E-state index is -1.04. The summed E-state index contributed by atoms with van der Waals surface area (Å²) in [5.74, 6) is -0.130. The highest BCUT2D eigenvalue weighted by Crippen LogP contribution is 2.46. The molecule has 10 nitrogen and oxygen atoms in total. The normalized spacial score (nSPS) is 22.0. The van der Waals surface area contributed by atoms with E-state index in [1.807, 2.05) is 37.3 Å². The van der Waals surface area contributed by atoms with Crippen molar-refractivity contribution < 1.29 is 33.3 Å². The summed E-state index contributed by atoms with van der Waals surface area (Å²) >= 11 is 0. The number of amides is 2. The summed E-state index contributed by atoms with van der Waals surface area (Å²) in [5.41, 5.74) is 1.39. The van der Waals surface area contributed by atoms with Crippen LogP contribution in [0.25, 0.3) is 11.0 Å². The molecule has 2 aromatic heterocycles. The molecule has 1 saturated carbocycles. The van der Waals surface area contributed by atoms with Crippen molar-refractivity contribution in [3.63, 3.8) is 0 Å². The molecule has 6 rings (SSSR count). The maximum atomic E-state index is 15.1. The molecule has 1 unspecified atom stereocenters. The Morgan fingerprint density at radius 3 is 2.62 bits per heavy atom. The number of nitrogens with zero attached hydrogens (tertiary/aromatic N) is 2. The average Bonchev–Trinajstić information content (AvgIpc) is 2.99. The number of fused-ring (bicyclic) bond motifs is 4. The first-order valence-corrected chi connectivity index (χ1v) is 14.5. The molecule has 3 aliphatic rings.